The molecule has 0 N–H and O–H groups in total. The number of alkyl halides is 3. The van der Waals surface area contributed by atoms with Crippen molar-refractivity contribution in [3.8, 4) is 0 Å². The second kappa shape index (κ2) is 7.47. The van der Waals surface area contributed by atoms with Crippen molar-refractivity contribution in [3.05, 3.63) is 35.4 Å². The number of hydrogen-bond donors (Lipinski definition) is 0. The Hall–Kier alpha value is -2.38. The summed E-state index contributed by atoms with van der Waals surface area (Å²) in [5, 5.41) is 0. The first-order valence-electron chi connectivity index (χ1n) is 8.22. The van der Waals surface area contributed by atoms with Crippen LogP contribution in [0.25, 0.3) is 0 Å². The summed E-state index contributed by atoms with van der Waals surface area (Å²) < 4.78 is 48.8. The van der Waals surface area contributed by atoms with E-state index in [-0.39, 0.29) is 24.3 Å². The van der Waals surface area contributed by atoms with Gasteiger partial charge in [0.25, 0.3) is 0 Å². The van der Waals surface area contributed by atoms with Gasteiger partial charge in [0, 0.05) is 11.5 Å². The van der Waals surface area contributed by atoms with Gasteiger partial charge < -0.3 is 9.47 Å². The predicted molar refractivity (Wildman–Crippen MR) is 84.5 cm³/mol. The van der Waals surface area contributed by atoms with Crippen molar-refractivity contribution in [1.29, 1.82) is 0 Å². The molecule has 142 valence electrons. The Kier molecular flexibility index (Phi) is 5.73. The minimum absolute atomic E-state index is 0.0281. The summed E-state index contributed by atoms with van der Waals surface area (Å²) in [6.45, 7) is 2.90. The van der Waals surface area contributed by atoms with E-state index in [0.29, 0.717) is 0 Å². The van der Waals surface area contributed by atoms with Crippen molar-refractivity contribution in [1.82, 2.24) is 0 Å². The predicted octanol–water partition coefficient (Wildman–Crippen LogP) is 3.21. The third-order valence-corrected chi connectivity index (χ3v) is 4.30. The maximum Gasteiger partial charge on any atom is 0.389 e. The number of Topliss-reactive ketones (excluding diaryl/α,β-unsaturated/α-hetero) is 1. The van der Waals surface area contributed by atoms with Gasteiger partial charge >= 0.3 is 18.1 Å². The molecule has 0 amide bonds. The number of carbonyl (C=O) groups is 3. The summed E-state index contributed by atoms with van der Waals surface area (Å²) in [7, 11) is 0. The summed E-state index contributed by atoms with van der Waals surface area (Å²) in [5.41, 5.74) is -2.15. The second-order valence-corrected chi connectivity index (χ2v) is 5.98. The topological polar surface area (TPSA) is 69.7 Å². The van der Waals surface area contributed by atoms with E-state index in [2.05, 4.69) is 0 Å². The van der Waals surface area contributed by atoms with Crippen molar-refractivity contribution in [2.75, 3.05) is 13.2 Å². The minimum atomic E-state index is -4.62. The molecule has 0 saturated heterocycles. The minimum Gasteiger partial charge on any atom is -0.465 e. The lowest BCUT2D eigenvalue weighted by Crippen LogP contribution is -2.52. The fourth-order valence-corrected chi connectivity index (χ4v) is 3.29. The van der Waals surface area contributed by atoms with Crippen LogP contribution in [0.15, 0.2) is 24.3 Å². The van der Waals surface area contributed by atoms with Crippen LogP contribution in [0.4, 0.5) is 13.2 Å². The molecule has 1 aromatic carbocycles. The Morgan fingerprint density at radius 1 is 1.12 bits per heavy atom. The first-order chi connectivity index (χ1) is 12.2. The van der Waals surface area contributed by atoms with Gasteiger partial charge in [0.15, 0.2) is 11.2 Å². The van der Waals surface area contributed by atoms with Gasteiger partial charge in [-0.1, -0.05) is 24.3 Å². The van der Waals surface area contributed by atoms with Crippen molar-refractivity contribution < 1.29 is 37.0 Å². The van der Waals surface area contributed by atoms with Crippen molar-refractivity contribution in [2.45, 2.75) is 38.3 Å². The van der Waals surface area contributed by atoms with E-state index in [0.717, 1.165) is 0 Å². The summed E-state index contributed by atoms with van der Waals surface area (Å²) in [4.78, 5) is 37.9. The van der Waals surface area contributed by atoms with Crippen molar-refractivity contribution in [2.24, 2.45) is 5.92 Å². The van der Waals surface area contributed by atoms with E-state index in [1.54, 1.807) is 0 Å². The van der Waals surface area contributed by atoms with E-state index < -0.39 is 48.1 Å². The molecule has 5 nitrogen and oxygen atoms in total. The number of halogens is 3. The quantitative estimate of drug-likeness (QED) is 0.586. The molecule has 1 aliphatic carbocycles. The maximum atomic E-state index is 13.0. The van der Waals surface area contributed by atoms with Crippen LogP contribution in [-0.2, 0) is 24.5 Å². The van der Waals surface area contributed by atoms with Gasteiger partial charge in [-0.15, -0.1) is 0 Å². The van der Waals surface area contributed by atoms with Crippen molar-refractivity contribution >= 4 is 17.7 Å². The molecule has 0 aromatic heterocycles. The average Bonchev–Trinajstić information content (AvgIpc) is 2.56. The summed E-state index contributed by atoms with van der Waals surface area (Å²) in [6.07, 6.45) is -6.69. The van der Waals surface area contributed by atoms with E-state index in [4.69, 9.17) is 9.47 Å². The fraction of sp³-hybridized carbons (Fsp3) is 0.500. The van der Waals surface area contributed by atoms with Crippen molar-refractivity contribution in [3.63, 3.8) is 0 Å². The Morgan fingerprint density at radius 2 is 1.65 bits per heavy atom. The molecule has 0 aliphatic heterocycles. The molecular weight excluding hydrogens is 353 g/mol. The van der Waals surface area contributed by atoms with Gasteiger partial charge in [0.2, 0.25) is 0 Å². The van der Waals surface area contributed by atoms with Crippen LogP contribution in [0.3, 0.4) is 0 Å². The lowest BCUT2D eigenvalue weighted by molar-refractivity contribution is -0.169. The molecule has 0 fully saturated rings. The largest absolute Gasteiger partial charge is 0.465 e. The van der Waals surface area contributed by atoms with Gasteiger partial charge in [-0.05, 0) is 25.8 Å². The maximum absolute atomic E-state index is 13.0. The van der Waals surface area contributed by atoms with Crippen LogP contribution in [0.2, 0.25) is 0 Å². The van der Waals surface area contributed by atoms with Gasteiger partial charge in [-0.25, -0.2) is 0 Å². The number of fused-ring (bicyclic) bond motifs is 1. The lowest BCUT2D eigenvalue weighted by Gasteiger charge is -2.37. The summed E-state index contributed by atoms with van der Waals surface area (Å²) in [6, 6.07) is 5.66. The van der Waals surface area contributed by atoms with Crippen LogP contribution in [0.5, 0.6) is 0 Å². The third kappa shape index (κ3) is 3.59. The second-order valence-electron chi connectivity index (χ2n) is 5.98. The Bertz CT molecular complexity index is 693. The zero-order valence-electron chi connectivity index (χ0n) is 14.4. The molecule has 1 aliphatic rings. The third-order valence-electron chi connectivity index (χ3n) is 4.30. The number of rotatable bonds is 5. The van der Waals surface area contributed by atoms with E-state index in [9.17, 15) is 27.6 Å². The molecule has 0 heterocycles. The normalized spacial score (nSPS) is 18.8. The van der Waals surface area contributed by atoms with Crippen LogP contribution in [0, 0.1) is 5.92 Å². The first-order valence-corrected chi connectivity index (χ1v) is 8.22. The van der Waals surface area contributed by atoms with Crippen LogP contribution < -0.4 is 0 Å². The Labute approximate surface area is 148 Å². The molecule has 1 atom stereocenters. The Morgan fingerprint density at radius 3 is 2.15 bits per heavy atom. The zero-order chi connectivity index (χ0) is 19.5. The number of hydrogen-bond acceptors (Lipinski definition) is 5. The number of benzene rings is 1. The lowest BCUT2D eigenvalue weighted by atomic mass is 9.64. The fourth-order valence-electron chi connectivity index (χ4n) is 3.29. The highest BCUT2D eigenvalue weighted by Gasteiger charge is 2.58. The SMILES string of the molecule is CCOC(=O)C1(C(=O)OCC)CC(CC(F)(F)F)C(=O)c2ccccc21. The highest BCUT2D eigenvalue weighted by atomic mass is 19.4. The number of carbonyl (C=O) groups excluding carboxylic acids is 3. The molecular formula is C18H19F3O5. The van der Waals surface area contributed by atoms with Crippen LogP contribution in [0.1, 0.15) is 42.6 Å². The highest BCUT2D eigenvalue weighted by Crippen LogP contribution is 2.45. The molecule has 0 saturated carbocycles. The van der Waals surface area contributed by atoms with Gasteiger partial charge in [-0.2, -0.15) is 13.2 Å². The molecule has 0 radical (unpaired) electrons. The molecule has 26 heavy (non-hydrogen) atoms. The van der Waals surface area contributed by atoms with E-state index in [1.165, 1.54) is 38.1 Å². The van der Waals surface area contributed by atoms with Crippen LogP contribution in [-0.4, -0.2) is 37.1 Å². The molecule has 0 bridgehead atoms. The number of ether oxygens (including phenoxy) is 2. The van der Waals surface area contributed by atoms with E-state index >= 15 is 0 Å². The number of ketones is 1. The number of esters is 2. The monoisotopic (exact) mass is 372 g/mol. The van der Waals surface area contributed by atoms with Gasteiger partial charge in [0.05, 0.1) is 19.6 Å². The Balaban J connectivity index is 2.67. The molecule has 1 unspecified atom stereocenters. The smallest absolute Gasteiger partial charge is 0.389 e. The summed E-state index contributed by atoms with van der Waals surface area (Å²) >= 11 is 0. The molecule has 1 aromatic rings. The van der Waals surface area contributed by atoms with Crippen LogP contribution >= 0.6 is 0 Å². The molecule has 8 heteroatoms. The zero-order valence-corrected chi connectivity index (χ0v) is 14.4. The first kappa shape index (κ1) is 19.9. The van der Waals surface area contributed by atoms with Gasteiger partial charge in [-0.3, -0.25) is 14.4 Å². The summed E-state index contributed by atoms with van der Waals surface area (Å²) in [5.74, 6) is -4.34. The highest BCUT2D eigenvalue weighted by molar-refractivity contribution is 6.13. The molecule has 2 rings (SSSR count). The average molecular weight is 372 g/mol. The van der Waals surface area contributed by atoms with Gasteiger partial charge in [0.1, 0.15) is 0 Å². The standard InChI is InChI=1S/C18H19F3O5/c1-3-25-15(23)17(16(24)26-4-2)9-11(10-18(19,20)21)14(22)12-7-5-6-8-13(12)17/h5-8,11H,3-4,9-10H2,1-2H3. The molecule has 0 spiro atoms. The van der Waals surface area contributed by atoms with E-state index in [1.807, 2.05) is 0 Å².